The van der Waals surface area contributed by atoms with Gasteiger partial charge in [0.1, 0.15) is 11.5 Å². The van der Waals surface area contributed by atoms with Crippen LogP contribution in [0.2, 0.25) is 0 Å². The molecule has 1 aliphatic heterocycles. The number of hydrogen-bond acceptors (Lipinski definition) is 4. The fraction of sp³-hybridized carbons (Fsp3) is 0.273. The zero-order valence-corrected chi connectivity index (χ0v) is 15.8. The number of β-amino-alcohol motifs (C(OH)–C–C–N with tert-alkyl or cyclic N) is 1. The van der Waals surface area contributed by atoms with Crippen molar-refractivity contribution in [3.05, 3.63) is 78.1 Å². The van der Waals surface area contributed by atoms with Gasteiger partial charge in [-0.05, 0) is 18.5 Å². The SMILES string of the molecule is Cn1c(C(=O)N[C@]2(c3ccccc3)CCNC[C@H]2O)cnc1-c1ccccc1. The minimum atomic E-state index is -0.833. The molecule has 1 aromatic heterocycles. The third kappa shape index (κ3) is 3.21. The number of carbonyl (C=O) groups is 1. The van der Waals surface area contributed by atoms with E-state index in [2.05, 4.69) is 15.6 Å². The van der Waals surface area contributed by atoms with E-state index in [0.717, 1.165) is 17.0 Å². The highest BCUT2D eigenvalue weighted by atomic mass is 16.3. The van der Waals surface area contributed by atoms with Crippen molar-refractivity contribution in [1.29, 1.82) is 0 Å². The lowest BCUT2D eigenvalue weighted by Gasteiger charge is -2.42. The Labute approximate surface area is 164 Å². The van der Waals surface area contributed by atoms with Crippen LogP contribution in [0.3, 0.4) is 0 Å². The molecule has 0 radical (unpaired) electrons. The smallest absolute Gasteiger partial charge is 0.270 e. The second-order valence-corrected chi connectivity index (χ2v) is 7.15. The maximum atomic E-state index is 13.2. The van der Waals surface area contributed by atoms with E-state index in [4.69, 9.17) is 0 Å². The molecule has 0 spiro atoms. The zero-order chi connectivity index (χ0) is 19.6. The van der Waals surface area contributed by atoms with Crippen LogP contribution in [0.25, 0.3) is 11.4 Å². The molecule has 0 unspecified atom stereocenters. The van der Waals surface area contributed by atoms with E-state index < -0.39 is 11.6 Å². The van der Waals surface area contributed by atoms with Crippen molar-refractivity contribution < 1.29 is 9.90 Å². The van der Waals surface area contributed by atoms with Gasteiger partial charge in [-0.2, -0.15) is 0 Å². The minimum Gasteiger partial charge on any atom is -0.389 e. The number of amides is 1. The minimum absolute atomic E-state index is 0.248. The molecule has 28 heavy (non-hydrogen) atoms. The first-order valence-electron chi connectivity index (χ1n) is 9.46. The number of aromatic nitrogens is 2. The average Bonchev–Trinajstić information content (AvgIpc) is 3.12. The second kappa shape index (κ2) is 7.58. The van der Waals surface area contributed by atoms with Crippen molar-refractivity contribution in [2.45, 2.75) is 18.1 Å². The predicted molar refractivity (Wildman–Crippen MR) is 108 cm³/mol. The van der Waals surface area contributed by atoms with Crippen LogP contribution in [0.5, 0.6) is 0 Å². The number of imidazole rings is 1. The number of hydrogen-bond donors (Lipinski definition) is 3. The zero-order valence-electron chi connectivity index (χ0n) is 15.8. The molecule has 0 saturated carbocycles. The summed E-state index contributed by atoms with van der Waals surface area (Å²) in [5.74, 6) is 0.479. The Bertz CT molecular complexity index is 955. The van der Waals surface area contributed by atoms with Gasteiger partial charge >= 0.3 is 0 Å². The highest BCUT2D eigenvalue weighted by Gasteiger charge is 2.43. The lowest BCUT2D eigenvalue weighted by atomic mass is 9.79. The molecule has 1 saturated heterocycles. The van der Waals surface area contributed by atoms with Crippen LogP contribution in [0.15, 0.2) is 66.9 Å². The molecule has 1 amide bonds. The summed E-state index contributed by atoms with van der Waals surface area (Å²) in [5.41, 5.74) is 1.48. The Balaban J connectivity index is 1.67. The number of rotatable bonds is 4. The fourth-order valence-electron chi connectivity index (χ4n) is 3.90. The number of aliphatic hydroxyl groups excluding tert-OH is 1. The Morgan fingerprint density at radius 1 is 1.18 bits per heavy atom. The van der Waals surface area contributed by atoms with Crippen molar-refractivity contribution in [2.24, 2.45) is 7.05 Å². The Morgan fingerprint density at radius 2 is 1.86 bits per heavy atom. The van der Waals surface area contributed by atoms with Crippen LogP contribution in [0.1, 0.15) is 22.5 Å². The molecule has 144 valence electrons. The third-order valence-electron chi connectivity index (χ3n) is 5.48. The van der Waals surface area contributed by atoms with Gasteiger partial charge in [-0.1, -0.05) is 60.7 Å². The number of benzene rings is 2. The fourth-order valence-corrected chi connectivity index (χ4v) is 3.90. The largest absolute Gasteiger partial charge is 0.389 e. The highest BCUT2D eigenvalue weighted by molar-refractivity contribution is 5.94. The summed E-state index contributed by atoms with van der Waals surface area (Å²) in [6.07, 6.45) is 1.46. The van der Waals surface area contributed by atoms with Gasteiger partial charge in [0.05, 0.1) is 17.8 Å². The first-order chi connectivity index (χ1) is 13.6. The number of carbonyl (C=O) groups excluding carboxylic acids is 1. The van der Waals surface area contributed by atoms with Gasteiger partial charge < -0.3 is 20.3 Å². The van der Waals surface area contributed by atoms with E-state index in [1.54, 1.807) is 10.8 Å². The molecule has 0 aliphatic carbocycles. The van der Waals surface area contributed by atoms with Gasteiger partial charge in [0.2, 0.25) is 0 Å². The van der Waals surface area contributed by atoms with Crippen molar-refractivity contribution in [3.63, 3.8) is 0 Å². The summed E-state index contributed by atoms with van der Waals surface area (Å²) in [5, 5.41) is 17.1. The Kier molecular flexibility index (Phi) is 4.98. The van der Waals surface area contributed by atoms with E-state index in [1.807, 2.05) is 67.7 Å². The maximum Gasteiger partial charge on any atom is 0.270 e. The molecule has 2 heterocycles. The summed E-state index contributed by atoms with van der Waals surface area (Å²) < 4.78 is 1.79. The van der Waals surface area contributed by atoms with Crippen molar-refractivity contribution in [1.82, 2.24) is 20.2 Å². The molecule has 2 atom stereocenters. The van der Waals surface area contributed by atoms with Crippen LogP contribution >= 0.6 is 0 Å². The topological polar surface area (TPSA) is 79.2 Å². The van der Waals surface area contributed by atoms with Crippen LogP contribution in [0, 0.1) is 0 Å². The molecule has 4 rings (SSSR count). The van der Waals surface area contributed by atoms with Crippen LogP contribution in [0.4, 0.5) is 0 Å². The van der Waals surface area contributed by atoms with Gasteiger partial charge in [-0.25, -0.2) is 4.98 Å². The number of aliphatic hydroxyl groups is 1. The lowest BCUT2D eigenvalue weighted by Crippen LogP contribution is -2.61. The van der Waals surface area contributed by atoms with Gasteiger partial charge in [-0.15, -0.1) is 0 Å². The van der Waals surface area contributed by atoms with Gasteiger partial charge in [0, 0.05) is 19.2 Å². The normalized spacial score (nSPS) is 22.0. The summed E-state index contributed by atoms with van der Waals surface area (Å²) in [4.78, 5) is 17.6. The van der Waals surface area contributed by atoms with Gasteiger partial charge in [0.15, 0.2) is 0 Å². The van der Waals surface area contributed by atoms with E-state index in [1.165, 1.54) is 0 Å². The van der Waals surface area contributed by atoms with E-state index in [0.29, 0.717) is 25.2 Å². The summed E-state index contributed by atoms with van der Waals surface area (Å²) in [6.45, 7) is 1.14. The second-order valence-electron chi connectivity index (χ2n) is 7.15. The van der Waals surface area contributed by atoms with E-state index in [9.17, 15) is 9.90 Å². The third-order valence-corrected chi connectivity index (χ3v) is 5.48. The first kappa shape index (κ1) is 18.4. The molecule has 6 heteroatoms. The number of nitrogens with one attached hydrogen (secondary N) is 2. The average molecular weight is 376 g/mol. The number of piperidine rings is 1. The molecule has 1 aliphatic rings. The van der Waals surface area contributed by atoms with Crippen LogP contribution in [-0.2, 0) is 12.6 Å². The van der Waals surface area contributed by atoms with E-state index >= 15 is 0 Å². The molecule has 2 aromatic carbocycles. The molecule has 0 bridgehead atoms. The monoisotopic (exact) mass is 376 g/mol. The summed E-state index contributed by atoms with van der Waals surface area (Å²) >= 11 is 0. The quantitative estimate of drug-likeness (QED) is 0.651. The molecular weight excluding hydrogens is 352 g/mol. The Morgan fingerprint density at radius 3 is 2.54 bits per heavy atom. The standard InChI is InChI=1S/C22H24N4O2/c1-26-18(14-24-20(26)16-8-4-2-5-9-16)21(28)25-22(12-13-23-15-19(22)27)17-10-6-3-7-11-17/h2-11,14,19,23,27H,12-13,15H2,1H3,(H,25,28)/t19-,22+/m1/s1. The van der Waals surface area contributed by atoms with Gasteiger partial charge in [-0.3, -0.25) is 4.79 Å². The molecular formula is C22H24N4O2. The summed E-state index contributed by atoms with van der Waals surface area (Å²) in [6, 6.07) is 19.4. The van der Waals surface area contributed by atoms with Crippen molar-refractivity contribution in [3.8, 4) is 11.4 Å². The molecule has 3 aromatic rings. The Hall–Kier alpha value is -2.96. The van der Waals surface area contributed by atoms with E-state index in [-0.39, 0.29) is 5.91 Å². The van der Waals surface area contributed by atoms with Crippen molar-refractivity contribution >= 4 is 5.91 Å². The van der Waals surface area contributed by atoms with Crippen LogP contribution in [-0.4, -0.2) is 39.8 Å². The van der Waals surface area contributed by atoms with Gasteiger partial charge in [0.25, 0.3) is 5.91 Å². The van der Waals surface area contributed by atoms with Crippen LogP contribution < -0.4 is 10.6 Å². The lowest BCUT2D eigenvalue weighted by molar-refractivity contribution is 0.0286. The number of nitrogens with zero attached hydrogens (tertiary/aromatic N) is 2. The van der Waals surface area contributed by atoms with Crippen molar-refractivity contribution in [2.75, 3.05) is 13.1 Å². The molecule has 1 fully saturated rings. The predicted octanol–water partition coefficient (Wildman–Crippen LogP) is 2.07. The molecule has 6 nitrogen and oxygen atoms in total. The highest BCUT2D eigenvalue weighted by Crippen LogP contribution is 2.31. The first-order valence-corrected chi connectivity index (χ1v) is 9.46. The summed E-state index contributed by atoms with van der Waals surface area (Å²) in [7, 11) is 1.83. The molecule has 3 N–H and O–H groups in total. The maximum absolute atomic E-state index is 13.2.